The molecule has 0 aromatic carbocycles. The lowest BCUT2D eigenvalue weighted by molar-refractivity contribution is 0.0699. The second kappa shape index (κ2) is 7.81. The van der Waals surface area contributed by atoms with Crippen LogP contribution in [0.2, 0.25) is 0 Å². The highest BCUT2D eigenvalue weighted by atomic mass is 32.2. The average Bonchev–Trinajstić information content (AvgIpc) is 3.10. The van der Waals surface area contributed by atoms with Crippen molar-refractivity contribution in [1.29, 1.82) is 0 Å². The second-order valence-corrected chi connectivity index (χ2v) is 6.33. The van der Waals surface area contributed by atoms with Gasteiger partial charge in [-0.2, -0.15) is 0 Å². The van der Waals surface area contributed by atoms with Crippen LogP contribution < -0.4 is 5.32 Å². The van der Waals surface area contributed by atoms with Crippen LogP contribution in [0.1, 0.15) is 41.2 Å². The molecule has 0 unspecified atom stereocenters. The summed E-state index contributed by atoms with van der Waals surface area (Å²) in [6.45, 7) is 6.91. The Balaban J connectivity index is 0.000000771. The predicted octanol–water partition coefficient (Wildman–Crippen LogP) is 3.63. The average molecular weight is 287 g/mol. The highest BCUT2D eigenvalue weighted by Gasteiger charge is 2.20. The van der Waals surface area contributed by atoms with Gasteiger partial charge >= 0.3 is 5.97 Å². The maximum absolute atomic E-state index is 11.0. The van der Waals surface area contributed by atoms with E-state index >= 15 is 0 Å². The number of carbonyl (C=O) groups is 1. The maximum Gasteiger partial charge on any atom is 0.347 e. The number of rotatable bonds is 6. The van der Waals surface area contributed by atoms with Crippen LogP contribution in [0, 0.1) is 6.92 Å². The van der Waals surface area contributed by atoms with E-state index in [1.54, 1.807) is 11.8 Å². The molecule has 1 aliphatic carbocycles. The molecule has 0 amide bonds. The molecule has 2 N–H and O–H groups in total. The minimum Gasteiger partial charge on any atom is -0.477 e. The van der Waals surface area contributed by atoms with Crippen molar-refractivity contribution in [1.82, 2.24) is 5.32 Å². The second-order valence-electron chi connectivity index (χ2n) is 3.93. The van der Waals surface area contributed by atoms with Crippen molar-refractivity contribution in [2.45, 2.75) is 44.6 Å². The molecule has 102 valence electrons. The molecule has 2 rings (SSSR count). The Morgan fingerprint density at radius 2 is 2.22 bits per heavy atom. The van der Waals surface area contributed by atoms with Crippen molar-refractivity contribution in [2.24, 2.45) is 0 Å². The lowest BCUT2D eigenvalue weighted by Crippen LogP contribution is -2.19. The van der Waals surface area contributed by atoms with E-state index in [2.05, 4.69) is 5.32 Å². The molecule has 0 saturated heterocycles. The van der Waals surface area contributed by atoms with E-state index < -0.39 is 5.97 Å². The van der Waals surface area contributed by atoms with Gasteiger partial charge in [0.25, 0.3) is 0 Å². The van der Waals surface area contributed by atoms with E-state index in [0.717, 1.165) is 28.1 Å². The van der Waals surface area contributed by atoms with Crippen molar-refractivity contribution in [3.05, 3.63) is 15.8 Å². The van der Waals surface area contributed by atoms with Gasteiger partial charge in [-0.05, 0) is 25.8 Å². The van der Waals surface area contributed by atoms with Crippen LogP contribution in [-0.2, 0) is 0 Å². The molecule has 0 spiro atoms. The van der Waals surface area contributed by atoms with Crippen molar-refractivity contribution >= 4 is 29.1 Å². The number of thiophene rings is 1. The summed E-state index contributed by atoms with van der Waals surface area (Å²) in [5.41, 5.74) is 0. The first-order valence-electron chi connectivity index (χ1n) is 6.36. The molecule has 3 nitrogen and oxygen atoms in total. The van der Waals surface area contributed by atoms with Gasteiger partial charge in [0.15, 0.2) is 0 Å². The largest absolute Gasteiger partial charge is 0.477 e. The van der Waals surface area contributed by atoms with Crippen LogP contribution in [0.15, 0.2) is 11.0 Å². The van der Waals surface area contributed by atoms with Crippen molar-refractivity contribution in [2.75, 3.05) is 12.3 Å². The highest BCUT2D eigenvalue weighted by Crippen LogP contribution is 2.30. The maximum atomic E-state index is 11.0. The molecule has 0 bridgehead atoms. The Morgan fingerprint density at radius 1 is 1.56 bits per heavy atom. The fourth-order valence-electron chi connectivity index (χ4n) is 1.46. The van der Waals surface area contributed by atoms with Crippen molar-refractivity contribution < 1.29 is 9.90 Å². The van der Waals surface area contributed by atoms with Crippen molar-refractivity contribution in [3.8, 4) is 0 Å². The van der Waals surface area contributed by atoms with Gasteiger partial charge in [0.05, 0.1) is 0 Å². The van der Waals surface area contributed by atoms with E-state index in [0.29, 0.717) is 4.88 Å². The van der Waals surface area contributed by atoms with Gasteiger partial charge in [0.2, 0.25) is 0 Å². The Bertz CT molecular complexity index is 386. The summed E-state index contributed by atoms with van der Waals surface area (Å²) in [6.07, 6.45) is 2.59. The molecular weight excluding hydrogens is 266 g/mol. The zero-order valence-corrected chi connectivity index (χ0v) is 12.8. The Labute approximate surface area is 117 Å². The third-order valence-electron chi connectivity index (χ3n) is 2.39. The smallest absolute Gasteiger partial charge is 0.347 e. The van der Waals surface area contributed by atoms with Gasteiger partial charge in [0, 0.05) is 28.1 Å². The number of nitrogens with one attached hydrogen (secondary N) is 1. The lowest BCUT2D eigenvalue weighted by Gasteiger charge is -2.02. The molecule has 0 atom stereocenters. The summed E-state index contributed by atoms with van der Waals surface area (Å²) in [7, 11) is 0. The van der Waals surface area contributed by atoms with Gasteiger partial charge in [-0.25, -0.2) is 4.79 Å². The number of carboxylic acid groups (broad SMARTS) is 1. The van der Waals surface area contributed by atoms with E-state index in [1.807, 2.05) is 26.8 Å². The topological polar surface area (TPSA) is 49.3 Å². The lowest BCUT2D eigenvalue weighted by atomic mass is 10.4. The monoisotopic (exact) mass is 287 g/mol. The number of aryl methyl sites for hydroxylation is 1. The fourth-order valence-corrected chi connectivity index (χ4v) is 3.50. The van der Waals surface area contributed by atoms with Gasteiger partial charge in [0.1, 0.15) is 4.88 Å². The Kier molecular flexibility index (Phi) is 6.75. The molecular formula is C13H21NO2S2. The quantitative estimate of drug-likeness (QED) is 0.619. The number of thioether (sulfide) groups is 1. The van der Waals surface area contributed by atoms with Gasteiger partial charge in [-0.15, -0.1) is 23.1 Å². The zero-order chi connectivity index (χ0) is 13.5. The minimum absolute atomic E-state index is 0.480. The molecule has 1 aromatic heterocycles. The molecule has 1 aliphatic rings. The third-order valence-corrected chi connectivity index (χ3v) is 4.59. The molecule has 5 heteroatoms. The summed E-state index contributed by atoms with van der Waals surface area (Å²) >= 11 is 2.99. The number of hydrogen-bond acceptors (Lipinski definition) is 4. The first kappa shape index (κ1) is 15.5. The standard InChI is InChI=1S/C11H15NO2S2.C2H6/c1-7-6-9(10(16-7)11(13)14)15-5-4-12-8-2-3-8;1-2/h6,8,12H,2-5H2,1H3,(H,13,14);1-2H3. The number of hydrogen-bond donors (Lipinski definition) is 2. The van der Waals surface area contributed by atoms with E-state index in [-0.39, 0.29) is 0 Å². The molecule has 0 radical (unpaired) electrons. The van der Waals surface area contributed by atoms with Crippen LogP contribution in [0.3, 0.4) is 0 Å². The first-order chi connectivity index (χ1) is 8.66. The van der Waals surface area contributed by atoms with Crippen LogP contribution in [0.25, 0.3) is 0 Å². The molecule has 1 heterocycles. The van der Waals surface area contributed by atoms with Gasteiger partial charge < -0.3 is 10.4 Å². The van der Waals surface area contributed by atoms with Crippen LogP contribution in [0.5, 0.6) is 0 Å². The van der Waals surface area contributed by atoms with Gasteiger partial charge in [-0.3, -0.25) is 0 Å². The summed E-state index contributed by atoms with van der Waals surface area (Å²) in [5, 5.41) is 12.4. The van der Waals surface area contributed by atoms with Gasteiger partial charge in [-0.1, -0.05) is 13.8 Å². The Hall–Kier alpha value is -0.520. The van der Waals surface area contributed by atoms with E-state index in [9.17, 15) is 4.79 Å². The summed E-state index contributed by atoms with van der Waals surface area (Å²) in [4.78, 5) is 13.4. The SMILES string of the molecule is CC.Cc1cc(SCCNC2CC2)c(C(=O)O)s1. The molecule has 18 heavy (non-hydrogen) atoms. The third kappa shape index (κ3) is 5.00. The van der Waals surface area contributed by atoms with Crippen LogP contribution in [0.4, 0.5) is 0 Å². The van der Waals surface area contributed by atoms with Crippen molar-refractivity contribution in [3.63, 3.8) is 0 Å². The normalized spacial score (nSPS) is 13.9. The first-order valence-corrected chi connectivity index (χ1v) is 8.17. The molecule has 0 aliphatic heterocycles. The number of aromatic carboxylic acids is 1. The van der Waals surface area contributed by atoms with E-state index in [1.165, 1.54) is 24.2 Å². The van der Waals surface area contributed by atoms with Crippen LogP contribution >= 0.6 is 23.1 Å². The zero-order valence-electron chi connectivity index (χ0n) is 11.2. The fraction of sp³-hybridized carbons (Fsp3) is 0.615. The Morgan fingerprint density at radius 3 is 2.78 bits per heavy atom. The highest BCUT2D eigenvalue weighted by molar-refractivity contribution is 7.99. The molecule has 1 saturated carbocycles. The number of carboxylic acids is 1. The predicted molar refractivity (Wildman–Crippen MR) is 79.1 cm³/mol. The minimum atomic E-state index is -0.809. The van der Waals surface area contributed by atoms with Crippen LogP contribution in [-0.4, -0.2) is 29.4 Å². The van der Waals surface area contributed by atoms with E-state index in [4.69, 9.17) is 5.11 Å². The molecule has 1 aromatic rings. The summed E-state index contributed by atoms with van der Waals surface area (Å²) in [5.74, 6) is 0.128. The summed E-state index contributed by atoms with van der Waals surface area (Å²) in [6, 6.07) is 2.69. The summed E-state index contributed by atoms with van der Waals surface area (Å²) < 4.78 is 0. The molecule has 1 fully saturated rings.